The number of carbonyl (C=O) groups excluding carboxylic acids is 1. The SMILES string of the molecule is Cc1cc(C)c(NC(=O)c2ccccn2)c(C)n1. The summed E-state index contributed by atoms with van der Waals surface area (Å²) in [6.45, 7) is 5.77. The van der Waals surface area contributed by atoms with Crippen LogP contribution in [0.3, 0.4) is 0 Å². The number of nitrogens with one attached hydrogen (secondary N) is 1. The van der Waals surface area contributed by atoms with Crippen LogP contribution in [0, 0.1) is 20.8 Å². The fourth-order valence-corrected chi connectivity index (χ4v) is 1.89. The predicted octanol–water partition coefficient (Wildman–Crippen LogP) is 2.65. The van der Waals surface area contributed by atoms with Gasteiger partial charge in [0.25, 0.3) is 5.91 Å². The third kappa shape index (κ3) is 2.53. The van der Waals surface area contributed by atoms with Crippen molar-refractivity contribution in [2.75, 3.05) is 5.32 Å². The van der Waals surface area contributed by atoms with E-state index in [4.69, 9.17) is 0 Å². The summed E-state index contributed by atoms with van der Waals surface area (Å²) >= 11 is 0. The zero-order valence-corrected chi connectivity index (χ0v) is 10.7. The summed E-state index contributed by atoms with van der Waals surface area (Å²) < 4.78 is 0. The average molecular weight is 241 g/mol. The van der Waals surface area contributed by atoms with Crippen molar-refractivity contribution >= 4 is 11.6 Å². The maximum absolute atomic E-state index is 12.0. The van der Waals surface area contributed by atoms with Crippen molar-refractivity contribution in [3.8, 4) is 0 Å². The number of aryl methyl sites for hydroxylation is 3. The summed E-state index contributed by atoms with van der Waals surface area (Å²) in [5, 5.41) is 2.86. The minimum Gasteiger partial charge on any atom is -0.319 e. The summed E-state index contributed by atoms with van der Waals surface area (Å²) in [7, 11) is 0. The predicted molar refractivity (Wildman–Crippen MR) is 70.6 cm³/mol. The van der Waals surface area contributed by atoms with Gasteiger partial charge in [-0.2, -0.15) is 0 Å². The molecule has 1 N–H and O–H groups in total. The number of anilines is 1. The molecule has 2 heterocycles. The highest BCUT2D eigenvalue weighted by atomic mass is 16.1. The Morgan fingerprint density at radius 2 is 2.00 bits per heavy atom. The number of nitrogens with zero attached hydrogens (tertiary/aromatic N) is 2. The standard InChI is InChI=1S/C14H15N3O/c1-9-8-10(2)16-11(3)13(9)17-14(18)12-6-4-5-7-15-12/h4-8H,1-3H3,(H,17,18). The van der Waals surface area contributed by atoms with Gasteiger partial charge in [0.05, 0.1) is 11.4 Å². The van der Waals surface area contributed by atoms with Crippen LogP contribution in [0.2, 0.25) is 0 Å². The number of hydrogen-bond acceptors (Lipinski definition) is 3. The second-order valence-electron chi connectivity index (χ2n) is 4.21. The van der Waals surface area contributed by atoms with Crippen molar-refractivity contribution in [3.63, 3.8) is 0 Å². The van der Waals surface area contributed by atoms with E-state index in [2.05, 4.69) is 15.3 Å². The molecule has 2 aromatic rings. The van der Waals surface area contributed by atoms with Crippen molar-refractivity contribution in [2.45, 2.75) is 20.8 Å². The molecule has 2 aromatic heterocycles. The van der Waals surface area contributed by atoms with Gasteiger partial charge in [-0.1, -0.05) is 6.07 Å². The zero-order valence-electron chi connectivity index (χ0n) is 10.7. The molecule has 0 bridgehead atoms. The van der Waals surface area contributed by atoms with Crippen LogP contribution < -0.4 is 5.32 Å². The minimum absolute atomic E-state index is 0.215. The molecule has 0 aliphatic rings. The van der Waals surface area contributed by atoms with Crippen molar-refractivity contribution in [1.82, 2.24) is 9.97 Å². The van der Waals surface area contributed by atoms with E-state index in [1.165, 1.54) is 0 Å². The van der Waals surface area contributed by atoms with Gasteiger partial charge in [0, 0.05) is 11.9 Å². The fraction of sp³-hybridized carbons (Fsp3) is 0.214. The summed E-state index contributed by atoms with van der Waals surface area (Å²) in [4.78, 5) is 20.4. The highest BCUT2D eigenvalue weighted by Crippen LogP contribution is 2.19. The molecule has 0 saturated carbocycles. The highest BCUT2D eigenvalue weighted by Gasteiger charge is 2.11. The van der Waals surface area contributed by atoms with Gasteiger partial charge in [-0.25, -0.2) is 0 Å². The van der Waals surface area contributed by atoms with Crippen LogP contribution in [0.4, 0.5) is 5.69 Å². The van der Waals surface area contributed by atoms with Crippen LogP contribution in [-0.2, 0) is 0 Å². The molecule has 92 valence electrons. The molecule has 1 amide bonds. The van der Waals surface area contributed by atoms with Crippen LogP contribution in [0.1, 0.15) is 27.4 Å². The first-order valence-corrected chi connectivity index (χ1v) is 5.75. The molecule has 2 rings (SSSR count). The molecule has 0 atom stereocenters. The Balaban J connectivity index is 2.28. The van der Waals surface area contributed by atoms with E-state index in [1.807, 2.05) is 26.8 Å². The summed E-state index contributed by atoms with van der Waals surface area (Å²) in [5.41, 5.74) is 3.93. The zero-order chi connectivity index (χ0) is 13.1. The monoisotopic (exact) mass is 241 g/mol. The molecular formula is C14H15N3O. The molecule has 0 spiro atoms. The topological polar surface area (TPSA) is 54.9 Å². The molecule has 4 heteroatoms. The molecule has 0 aliphatic carbocycles. The van der Waals surface area contributed by atoms with Crippen molar-refractivity contribution in [3.05, 3.63) is 53.1 Å². The lowest BCUT2D eigenvalue weighted by Crippen LogP contribution is -2.15. The third-order valence-electron chi connectivity index (χ3n) is 2.66. The largest absolute Gasteiger partial charge is 0.319 e. The van der Waals surface area contributed by atoms with Gasteiger partial charge in [-0.15, -0.1) is 0 Å². The Bertz CT molecular complexity index is 556. The van der Waals surface area contributed by atoms with E-state index in [-0.39, 0.29) is 5.91 Å². The van der Waals surface area contributed by atoms with Gasteiger partial charge >= 0.3 is 0 Å². The Morgan fingerprint density at radius 1 is 1.22 bits per heavy atom. The van der Waals surface area contributed by atoms with E-state index >= 15 is 0 Å². The summed E-state index contributed by atoms with van der Waals surface area (Å²) in [6, 6.07) is 7.19. The van der Waals surface area contributed by atoms with E-state index in [0.29, 0.717) is 5.69 Å². The molecule has 0 fully saturated rings. The molecule has 0 unspecified atom stereocenters. The number of carbonyl (C=O) groups is 1. The summed E-state index contributed by atoms with van der Waals surface area (Å²) in [6.07, 6.45) is 1.60. The first kappa shape index (κ1) is 12.2. The quantitative estimate of drug-likeness (QED) is 0.879. The molecule has 0 saturated heterocycles. The first-order valence-electron chi connectivity index (χ1n) is 5.75. The van der Waals surface area contributed by atoms with E-state index in [9.17, 15) is 4.79 Å². The lowest BCUT2D eigenvalue weighted by atomic mass is 10.1. The molecule has 0 aromatic carbocycles. The van der Waals surface area contributed by atoms with Gasteiger partial charge in [0.15, 0.2) is 0 Å². The second kappa shape index (κ2) is 4.96. The summed E-state index contributed by atoms with van der Waals surface area (Å²) in [5.74, 6) is -0.215. The molecule has 0 aliphatic heterocycles. The van der Waals surface area contributed by atoms with Gasteiger partial charge in [-0.05, 0) is 44.5 Å². The number of amides is 1. The van der Waals surface area contributed by atoms with Crippen LogP contribution in [-0.4, -0.2) is 15.9 Å². The average Bonchev–Trinajstić information content (AvgIpc) is 2.34. The van der Waals surface area contributed by atoms with E-state index < -0.39 is 0 Å². The minimum atomic E-state index is -0.215. The van der Waals surface area contributed by atoms with Crippen LogP contribution in [0.5, 0.6) is 0 Å². The Kier molecular flexibility index (Phi) is 3.37. The number of aromatic nitrogens is 2. The van der Waals surface area contributed by atoms with Crippen molar-refractivity contribution < 1.29 is 4.79 Å². The van der Waals surface area contributed by atoms with Gasteiger partial charge in [0.2, 0.25) is 0 Å². The van der Waals surface area contributed by atoms with Crippen molar-refractivity contribution in [2.24, 2.45) is 0 Å². The Hall–Kier alpha value is -2.23. The molecule has 18 heavy (non-hydrogen) atoms. The lowest BCUT2D eigenvalue weighted by molar-refractivity contribution is 0.102. The normalized spacial score (nSPS) is 10.2. The van der Waals surface area contributed by atoms with Gasteiger partial charge in [-0.3, -0.25) is 14.8 Å². The fourth-order valence-electron chi connectivity index (χ4n) is 1.89. The Labute approximate surface area is 106 Å². The Morgan fingerprint density at radius 3 is 2.61 bits per heavy atom. The van der Waals surface area contributed by atoms with E-state index in [0.717, 1.165) is 22.6 Å². The van der Waals surface area contributed by atoms with Crippen LogP contribution in [0.25, 0.3) is 0 Å². The number of pyridine rings is 2. The second-order valence-corrected chi connectivity index (χ2v) is 4.21. The molecular weight excluding hydrogens is 226 g/mol. The molecule has 4 nitrogen and oxygen atoms in total. The van der Waals surface area contributed by atoms with Crippen LogP contribution >= 0.6 is 0 Å². The first-order chi connectivity index (χ1) is 8.58. The number of rotatable bonds is 2. The van der Waals surface area contributed by atoms with E-state index in [1.54, 1.807) is 24.4 Å². The smallest absolute Gasteiger partial charge is 0.274 e. The third-order valence-corrected chi connectivity index (χ3v) is 2.66. The maximum atomic E-state index is 12.0. The van der Waals surface area contributed by atoms with Gasteiger partial charge < -0.3 is 5.32 Å². The van der Waals surface area contributed by atoms with Crippen molar-refractivity contribution in [1.29, 1.82) is 0 Å². The number of hydrogen-bond donors (Lipinski definition) is 1. The van der Waals surface area contributed by atoms with Gasteiger partial charge in [0.1, 0.15) is 5.69 Å². The van der Waals surface area contributed by atoms with Crippen LogP contribution in [0.15, 0.2) is 30.5 Å². The highest BCUT2D eigenvalue weighted by molar-refractivity contribution is 6.03. The maximum Gasteiger partial charge on any atom is 0.274 e. The molecule has 0 radical (unpaired) electrons. The lowest BCUT2D eigenvalue weighted by Gasteiger charge is -2.11.